The van der Waals surface area contributed by atoms with Gasteiger partial charge in [0.25, 0.3) is 0 Å². The van der Waals surface area contributed by atoms with Crippen molar-refractivity contribution in [2.24, 2.45) is 5.92 Å². The van der Waals surface area contributed by atoms with E-state index < -0.39 is 5.60 Å². The van der Waals surface area contributed by atoms with E-state index in [1.54, 1.807) is 0 Å². The molecule has 0 aromatic heterocycles. The van der Waals surface area contributed by atoms with Crippen LogP contribution < -0.4 is 0 Å². The zero-order valence-electron chi connectivity index (χ0n) is 9.94. The molecule has 1 heterocycles. The van der Waals surface area contributed by atoms with Gasteiger partial charge in [0, 0.05) is 18.4 Å². The smallest absolute Gasteiger partial charge is 0.0957 e. The molecule has 1 aromatic carbocycles. The molecule has 2 nitrogen and oxygen atoms in total. The molecule has 2 rings (SSSR count). The Kier molecular flexibility index (Phi) is 4.43. The minimum atomic E-state index is -0.844. The van der Waals surface area contributed by atoms with Gasteiger partial charge >= 0.3 is 0 Å². The second-order valence-corrected chi connectivity index (χ2v) is 5.02. The normalized spacial score (nSPS) is 24.2. The van der Waals surface area contributed by atoms with Gasteiger partial charge in [-0.2, -0.15) is 0 Å². The number of rotatable bonds is 4. The number of benzene rings is 1. The molecule has 1 N–H and O–H groups in total. The van der Waals surface area contributed by atoms with Gasteiger partial charge in [0.1, 0.15) is 0 Å². The zero-order valence-corrected chi connectivity index (χ0v) is 10.7. The molecule has 1 aromatic rings. The van der Waals surface area contributed by atoms with Gasteiger partial charge in [-0.25, -0.2) is 0 Å². The van der Waals surface area contributed by atoms with Crippen LogP contribution in [-0.4, -0.2) is 24.2 Å². The van der Waals surface area contributed by atoms with Crippen LogP contribution in [0.15, 0.2) is 30.3 Å². The van der Waals surface area contributed by atoms with Gasteiger partial charge in [0.15, 0.2) is 0 Å². The van der Waals surface area contributed by atoms with Crippen LogP contribution in [-0.2, 0) is 10.3 Å². The van der Waals surface area contributed by atoms with E-state index in [-0.39, 0.29) is 5.92 Å². The van der Waals surface area contributed by atoms with E-state index in [2.05, 4.69) is 0 Å². The van der Waals surface area contributed by atoms with Crippen LogP contribution >= 0.6 is 11.6 Å². The molecule has 94 valence electrons. The van der Waals surface area contributed by atoms with Gasteiger partial charge in [-0.15, -0.1) is 11.6 Å². The van der Waals surface area contributed by atoms with Crippen LogP contribution in [0.1, 0.15) is 24.8 Å². The topological polar surface area (TPSA) is 29.5 Å². The van der Waals surface area contributed by atoms with E-state index in [4.69, 9.17) is 16.3 Å². The van der Waals surface area contributed by atoms with Crippen LogP contribution in [0.25, 0.3) is 0 Å². The fraction of sp³-hybridized carbons (Fsp3) is 0.571. The van der Waals surface area contributed by atoms with E-state index in [9.17, 15) is 5.11 Å². The third-order valence-corrected chi connectivity index (χ3v) is 3.77. The van der Waals surface area contributed by atoms with E-state index in [1.807, 2.05) is 30.3 Å². The molecule has 0 aliphatic carbocycles. The van der Waals surface area contributed by atoms with Crippen LogP contribution in [0.4, 0.5) is 0 Å². The molecule has 1 aliphatic rings. The van der Waals surface area contributed by atoms with Gasteiger partial charge in [0.2, 0.25) is 0 Å². The van der Waals surface area contributed by atoms with Crippen molar-refractivity contribution in [1.29, 1.82) is 0 Å². The fourth-order valence-corrected chi connectivity index (χ4v) is 2.86. The number of ether oxygens (including phenoxy) is 1. The summed E-state index contributed by atoms with van der Waals surface area (Å²) in [4.78, 5) is 0. The lowest BCUT2D eigenvalue weighted by molar-refractivity contribution is -0.0859. The predicted octanol–water partition coefficient (Wildman–Crippen LogP) is 2.93. The molecule has 17 heavy (non-hydrogen) atoms. The lowest BCUT2D eigenvalue weighted by Gasteiger charge is -2.38. The van der Waals surface area contributed by atoms with E-state index in [0.717, 1.165) is 25.0 Å². The molecule has 0 bridgehead atoms. The molecule has 0 radical (unpaired) electrons. The van der Waals surface area contributed by atoms with Crippen molar-refractivity contribution in [3.8, 4) is 0 Å². The quantitative estimate of drug-likeness (QED) is 0.838. The maximum atomic E-state index is 10.9. The van der Waals surface area contributed by atoms with Crippen LogP contribution in [0, 0.1) is 5.92 Å². The standard InChI is InChI=1S/C14H19ClO2/c15-9-8-14(16,12-5-2-1-3-6-12)13-7-4-10-17-11-13/h1-3,5-6,13,16H,4,7-11H2. The van der Waals surface area contributed by atoms with Crippen molar-refractivity contribution in [3.05, 3.63) is 35.9 Å². The van der Waals surface area contributed by atoms with Crippen molar-refractivity contribution >= 4 is 11.6 Å². The molecule has 0 amide bonds. The minimum absolute atomic E-state index is 0.150. The molecule has 2 unspecified atom stereocenters. The van der Waals surface area contributed by atoms with Crippen molar-refractivity contribution in [2.45, 2.75) is 24.9 Å². The van der Waals surface area contributed by atoms with Crippen LogP contribution in [0.5, 0.6) is 0 Å². The summed E-state index contributed by atoms with van der Waals surface area (Å²) in [6.07, 6.45) is 2.59. The second kappa shape index (κ2) is 5.85. The number of alkyl halides is 1. The molecular formula is C14H19ClO2. The molecular weight excluding hydrogens is 236 g/mol. The third kappa shape index (κ3) is 2.82. The summed E-state index contributed by atoms with van der Waals surface area (Å²) >= 11 is 5.85. The summed E-state index contributed by atoms with van der Waals surface area (Å²) in [6.45, 7) is 1.44. The molecule has 3 heteroatoms. The Morgan fingerprint density at radius 2 is 2.12 bits per heavy atom. The molecule has 1 aliphatic heterocycles. The predicted molar refractivity (Wildman–Crippen MR) is 69.2 cm³/mol. The van der Waals surface area contributed by atoms with E-state index >= 15 is 0 Å². The fourth-order valence-electron chi connectivity index (χ4n) is 2.57. The third-order valence-electron chi connectivity index (χ3n) is 3.58. The Balaban J connectivity index is 2.24. The highest BCUT2D eigenvalue weighted by atomic mass is 35.5. The first kappa shape index (κ1) is 12.9. The first-order chi connectivity index (χ1) is 8.27. The second-order valence-electron chi connectivity index (χ2n) is 4.64. The molecule has 2 atom stereocenters. The minimum Gasteiger partial charge on any atom is -0.385 e. The monoisotopic (exact) mass is 254 g/mol. The Bertz CT molecular complexity index is 335. The van der Waals surface area contributed by atoms with Gasteiger partial charge in [-0.3, -0.25) is 0 Å². The highest BCUT2D eigenvalue weighted by Crippen LogP contribution is 2.37. The number of hydrogen-bond donors (Lipinski definition) is 1. The average Bonchev–Trinajstić information content (AvgIpc) is 2.41. The SMILES string of the molecule is OC(CCCl)(c1ccccc1)C1CCCOC1. The first-order valence-corrected chi connectivity index (χ1v) is 6.72. The van der Waals surface area contributed by atoms with Crippen molar-refractivity contribution in [2.75, 3.05) is 19.1 Å². The van der Waals surface area contributed by atoms with Crippen molar-refractivity contribution in [3.63, 3.8) is 0 Å². The summed E-state index contributed by atoms with van der Waals surface area (Å²) in [7, 11) is 0. The van der Waals surface area contributed by atoms with E-state index in [1.165, 1.54) is 0 Å². The maximum Gasteiger partial charge on any atom is 0.0957 e. The summed E-state index contributed by atoms with van der Waals surface area (Å²) in [5.74, 6) is 0.611. The average molecular weight is 255 g/mol. The summed E-state index contributed by atoms with van der Waals surface area (Å²) in [6, 6.07) is 9.82. The number of halogens is 1. The maximum absolute atomic E-state index is 10.9. The molecule has 1 saturated heterocycles. The number of aliphatic hydroxyl groups is 1. The molecule has 0 spiro atoms. The molecule has 1 fully saturated rings. The lowest BCUT2D eigenvalue weighted by Crippen LogP contribution is -2.40. The Hall–Kier alpha value is -0.570. The van der Waals surface area contributed by atoms with Crippen molar-refractivity contribution in [1.82, 2.24) is 0 Å². The largest absolute Gasteiger partial charge is 0.385 e. The zero-order chi connectivity index (χ0) is 12.1. The van der Waals surface area contributed by atoms with Gasteiger partial charge in [-0.05, 0) is 24.8 Å². The van der Waals surface area contributed by atoms with Crippen molar-refractivity contribution < 1.29 is 9.84 Å². The highest BCUT2D eigenvalue weighted by Gasteiger charge is 2.38. The highest BCUT2D eigenvalue weighted by molar-refractivity contribution is 6.17. The Morgan fingerprint density at radius 1 is 1.35 bits per heavy atom. The Labute approximate surface area is 108 Å². The summed E-state index contributed by atoms with van der Waals surface area (Å²) in [5.41, 5.74) is 0.111. The molecule has 0 saturated carbocycles. The number of hydrogen-bond acceptors (Lipinski definition) is 2. The lowest BCUT2D eigenvalue weighted by atomic mass is 9.76. The van der Waals surface area contributed by atoms with Gasteiger partial charge in [0.05, 0.1) is 12.2 Å². The van der Waals surface area contributed by atoms with E-state index in [0.29, 0.717) is 18.9 Å². The van der Waals surface area contributed by atoms with Gasteiger partial charge in [-0.1, -0.05) is 30.3 Å². The Morgan fingerprint density at radius 3 is 2.71 bits per heavy atom. The van der Waals surface area contributed by atoms with Gasteiger partial charge < -0.3 is 9.84 Å². The van der Waals surface area contributed by atoms with Crippen LogP contribution in [0.2, 0.25) is 0 Å². The summed E-state index contributed by atoms with van der Waals surface area (Å²) < 4.78 is 5.49. The first-order valence-electron chi connectivity index (χ1n) is 6.19. The summed E-state index contributed by atoms with van der Waals surface area (Å²) in [5, 5.41) is 10.9. The van der Waals surface area contributed by atoms with Crippen LogP contribution in [0.3, 0.4) is 0 Å².